The van der Waals surface area contributed by atoms with Gasteiger partial charge in [0.1, 0.15) is 11.5 Å². The maximum absolute atomic E-state index is 6.16. The van der Waals surface area contributed by atoms with Crippen molar-refractivity contribution in [2.24, 2.45) is 0 Å². The van der Waals surface area contributed by atoms with Crippen molar-refractivity contribution in [1.82, 2.24) is 9.88 Å². The highest BCUT2D eigenvalue weighted by molar-refractivity contribution is 6.01. The van der Waals surface area contributed by atoms with Crippen LogP contribution in [0, 0.1) is 0 Å². The molecule has 0 bridgehead atoms. The maximum atomic E-state index is 6.16. The summed E-state index contributed by atoms with van der Waals surface area (Å²) in [5.74, 6) is 1.70. The first-order valence-electron chi connectivity index (χ1n) is 7.83. The second kappa shape index (κ2) is 6.84. The summed E-state index contributed by atoms with van der Waals surface area (Å²) in [6.45, 7) is 1.68. The van der Waals surface area contributed by atoms with E-state index in [1.807, 2.05) is 36.4 Å². The van der Waals surface area contributed by atoms with Gasteiger partial charge in [-0.25, -0.2) is 4.98 Å². The molecule has 0 spiro atoms. The minimum absolute atomic E-state index is 0.679. The van der Waals surface area contributed by atoms with Crippen LogP contribution in [-0.2, 0) is 0 Å². The van der Waals surface area contributed by atoms with Crippen molar-refractivity contribution in [1.29, 1.82) is 0 Å². The Bertz CT molecular complexity index is 815. The fraction of sp³-hybridized carbons (Fsp3) is 0.316. The molecule has 1 heterocycles. The summed E-state index contributed by atoms with van der Waals surface area (Å²) >= 11 is 0. The maximum Gasteiger partial charge on any atom is 0.138 e. The molecular formula is C19H22N2O2. The topological polar surface area (TPSA) is 34.6 Å². The molecule has 0 aliphatic rings. The van der Waals surface area contributed by atoms with Crippen molar-refractivity contribution in [2.45, 2.75) is 6.42 Å². The molecular weight excluding hydrogens is 288 g/mol. The van der Waals surface area contributed by atoms with Crippen LogP contribution in [0.4, 0.5) is 0 Å². The number of hydrogen-bond acceptors (Lipinski definition) is 4. The first kappa shape index (κ1) is 15.6. The first-order valence-corrected chi connectivity index (χ1v) is 7.83. The molecule has 0 unspecified atom stereocenters. The number of pyridine rings is 1. The van der Waals surface area contributed by atoms with Crippen LogP contribution in [0.5, 0.6) is 11.5 Å². The third-order valence-electron chi connectivity index (χ3n) is 3.83. The number of ether oxygens (including phenoxy) is 2. The molecule has 2 aromatic carbocycles. The van der Waals surface area contributed by atoms with E-state index < -0.39 is 0 Å². The number of para-hydroxylation sites is 1. The highest BCUT2D eigenvalue weighted by Crippen LogP contribution is 2.34. The van der Waals surface area contributed by atoms with Crippen molar-refractivity contribution in [3.8, 4) is 11.5 Å². The molecule has 0 atom stereocenters. The number of rotatable bonds is 6. The van der Waals surface area contributed by atoms with Gasteiger partial charge in [0.2, 0.25) is 0 Å². The van der Waals surface area contributed by atoms with E-state index in [2.05, 4.69) is 25.1 Å². The number of nitrogens with zero attached hydrogens (tertiary/aromatic N) is 2. The van der Waals surface area contributed by atoms with Crippen LogP contribution < -0.4 is 9.47 Å². The van der Waals surface area contributed by atoms with Crippen LogP contribution in [-0.4, -0.2) is 44.2 Å². The molecule has 3 aromatic rings. The fourth-order valence-electron chi connectivity index (χ4n) is 2.67. The average molecular weight is 310 g/mol. The molecule has 23 heavy (non-hydrogen) atoms. The molecule has 120 valence electrons. The second-order valence-electron chi connectivity index (χ2n) is 5.85. The second-order valence-corrected chi connectivity index (χ2v) is 5.85. The highest BCUT2D eigenvalue weighted by Gasteiger charge is 2.11. The third-order valence-corrected chi connectivity index (χ3v) is 3.83. The third kappa shape index (κ3) is 3.37. The summed E-state index contributed by atoms with van der Waals surface area (Å²) < 4.78 is 11.5. The summed E-state index contributed by atoms with van der Waals surface area (Å²) in [6, 6.07) is 14.0. The van der Waals surface area contributed by atoms with Gasteiger partial charge in [0.25, 0.3) is 0 Å². The zero-order chi connectivity index (χ0) is 16.2. The Balaban J connectivity index is 2.04. The first-order chi connectivity index (χ1) is 11.2. The summed E-state index contributed by atoms with van der Waals surface area (Å²) in [4.78, 5) is 6.89. The molecule has 0 fully saturated rings. The van der Waals surface area contributed by atoms with Gasteiger partial charge in [0.15, 0.2) is 0 Å². The van der Waals surface area contributed by atoms with Gasteiger partial charge in [0.05, 0.1) is 24.8 Å². The Morgan fingerprint density at radius 3 is 2.57 bits per heavy atom. The number of benzene rings is 2. The van der Waals surface area contributed by atoms with Crippen LogP contribution in [0.3, 0.4) is 0 Å². The molecule has 0 saturated heterocycles. The van der Waals surface area contributed by atoms with Gasteiger partial charge in [-0.15, -0.1) is 0 Å². The van der Waals surface area contributed by atoms with E-state index in [9.17, 15) is 0 Å². The number of hydrogen-bond donors (Lipinski definition) is 0. The quantitative estimate of drug-likeness (QED) is 0.513. The van der Waals surface area contributed by atoms with E-state index in [0.29, 0.717) is 6.61 Å². The molecule has 4 heteroatoms. The van der Waals surface area contributed by atoms with Gasteiger partial charge in [-0.1, -0.05) is 12.1 Å². The van der Waals surface area contributed by atoms with E-state index in [1.165, 1.54) is 0 Å². The van der Waals surface area contributed by atoms with Gasteiger partial charge < -0.3 is 14.4 Å². The Morgan fingerprint density at radius 1 is 1.00 bits per heavy atom. The molecule has 0 aliphatic carbocycles. The number of methoxy groups -OCH3 is 1. The highest BCUT2D eigenvalue weighted by atomic mass is 16.5. The SMILES string of the molecule is COc1ccc2nc3ccccc3c(OCCCN(C)C)c2c1. The van der Waals surface area contributed by atoms with Crippen LogP contribution in [0.25, 0.3) is 21.8 Å². The average Bonchev–Trinajstić information content (AvgIpc) is 2.57. The summed E-state index contributed by atoms with van der Waals surface area (Å²) in [7, 11) is 5.82. The molecule has 0 saturated carbocycles. The monoisotopic (exact) mass is 310 g/mol. The van der Waals surface area contributed by atoms with Crippen molar-refractivity contribution in [2.75, 3.05) is 34.4 Å². The van der Waals surface area contributed by atoms with Crippen LogP contribution in [0.15, 0.2) is 42.5 Å². The van der Waals surface area contributed by atoms with Crippen LogP contribution in [0.2, 0.25) is 0 Å². The Kier molecular flexibility index (Phi) is 4.63. The van der Waals surface area contributed by atoms with Gasteiger partial charge in [-0.2, -0.15) is 0 Å². The molecule has 4 nitrogen and oxygen atoms in total. The van der Waals surface area contributed by atoms with E-state index >= 15 is 0 Å². The lowest BCUT2D eigenvalue weighted by molar-refractivity contribution is 0.286. The lowest BCUT2D eigenvalue weighted by Crippen LogP contribution is -2.15. The Labute approximate surface area is 136 Å². The lowest BCUT2D eigenvalue weighted by Gasteiger charge is -2.14. The molecule has 0 aliphatic heterocycles. The Morgan fingerprint density at radius 2 is 1.78 bits per heavy atom. The lowest BCUT2D eigenvalue weighted by atomic mass is 10.1. The summed E-state index contributed by atoms with van der Waals surface area (Å²) in [6.07, 6.45) is 0.981. The molecule has 1 aromatic heterocycles. The van der Waals surface area contributed by atoms with Crippen molar-refractivity contribution in [3.63, 3.8) is 0 Å². The zero-order valence-corrected chi connectivity index (χ0v) is 13.9. The molecule has 0 radical (unpaired) electrons. The molecule has 0 amide bonds. The smallest absolute Gasteiger partial charge is 0.138 e. The Hall–Kier alpha value is -2.33. The normalized spacial score (nSPS) is 11.3. The summed E-state index contributed by atoms with van der Waals surface area (Å²) in [5, 5.41) is 2.03. The van der Waals surface area contributed by atoms with Crippen molar-refractivity contribution in [3.05, 3.63) is 42.5 Å². The van der Waals surface area contributed by atoms with Gasteiger partial charge in [-0.3, -0.25) is 0 Å². The minimum atomic E-state index is 0.679. The summed E-state index contributed by atoms with van der Waals surface area (Å²) in [5.41, 5.74) is 1.87. The van der Waals surface area contributed by atoms with Crippen LogP contribution in [0.1, 0.15) is 6.42 Å². The largest absolute Gasteiger partial charge is 0.497 e. The predicted molar refractivity (Wildman–Crippen MR) is 94.5 cm³/mol. The number of fused-ring (bicyclic) bond motifs is 2. The minimum Gasteiger partial charge on any atom is -0.497 e. The number of aromatic nitrogens is 1. The standard InChI is InChI=1S/C19H22N2O2/c1-21(2)11-6-12-23-19-15-7-4-5-8-17(15)20-18-10-9-14(22-3)13-16(18)19/h4-5,7-10,13H,6,11-12H2,1-3H3. The zero-order valence-electron chi connectivity index (χ0n) is 13.9. The van der Waals surface area contributed by atoms with Crippen molar-refractivity contribution >= 4 is 21.8 Å². The van der Waals surface area contributed by atoms with Gasteiger partial charge in [-0.05, 0) is 50.8 Å². The van der Waals surface area contributed by atoms with E-state index in [1.54, 1.807) is 7.11 Å². The van der Waals surface area contributed by atoms with Gasteiger partial charge in [0, 0.05) is 17.3 Å². The fourth-order valence-corrected chi connectivity index (χ4v) is 2.67. The molecule has 3 rings (SSSR count). The van der Waals surface area contributed by atoms with Crippen LogP contribution >= 0.6 is 0 Å². The van der Waals surface area contributed by atoms with E-state index in [-0.39, 0.29) is 0 Å². The van der Waals surface area contributed by atoms with E-state index in [4.69, 9.17) is 14.5 Å². The van der Waals surface area contributed by atoms with Gasteiger partial charge >= 0.3 is 0 Å². The predicted octanol–water partition coefficient (Wildman–Crippen LogP) is 3.73. The van der Waals surface area contributed by atoms with Crippen molar-refractivity contribution < 1.29 is 9.47 Å². The van der Waals surface area contributed by atoms with E-state index in [0.717, 1.165) is 46.3 Å². The molecule has 0 N–H and O–H groups in total.